The summed E-state index contributed by atoms with van der Waals surface area (Å²) < 4.78 is 5.94. The molecule has 1 aromatic carbocycles. The lowest BCUT2D eigenvalue weighted by Crippen LogP contribution is -2.58. The lowest BCUT2D eigenvalue weighted by atomic mass is 9.78. The van der Waals surface area contributed by atoms with Crippen LogP contribution in [0.4, 0.5) is 5.69 Å². The molecule has 1 aliphatic heterocycles. The van der Waals surface area contributed by atoms with Crippen molar-refractivity contribution in [2.45, 2.75) is 50.9 Å². The van der Waals surface area contributed by atoms with Crippen molar-refractivity contribution in [3.8, 4) is 0 Å². The first-order valence-corrected chi connectivity index (χ1v) is 6.93. The Labute approximate surface area is 124 Å². The summed E-state index contributed by atoms with van der Waals surface area (Å²) in [6.45, 7) is 7.42. The van der Waals surface area contributed by atoms with Gasteiger partial charge in [-0.15, -0.1) is 0 Å². The van der Waals surface area contributed by atoms with Gasteiger partial charge in [0.2, 0.25) is 0 Å². The summed E-state index contributed by atoms with van der Waals surface area (Å²) in [7, 11) is 0. The first kappa shape index (κ1) is 15.1. The molecule has 1 unspecified atom stereocenters. The predicted molar refractivity (Wildman–Crippen MR) is 79.3 cm³/mol. The molecule has 2 rings (SSSR count). The van der Waals surface area contributed by atoms with E-state index in [1.807, 2.05) is 13.8 Å². The van der Waals surface area contributed by atoms with Crippen LogP contribution in [-0.4, -0.2) is 27.8 Å². The quantitative estimate of drug-likeness (QED) is 0.896. The van der Waals surface area contributed by atoms with Crippen molar-refractivity contribution >= 4 is 23.3 Å². The molecule has 110 valence electrons. The van der Waals surface area contributed by atoms with Crippen molar-refractivity contribution in [3.63, 3.8) is 0 Å². The third-order valence-corrected chi connectivity index (χ3v) is 4.07. The number of rotatable bonds is 3. The van der Waals surface area contributed by atoms with E-state index in [4.69, 9.17) is 16.3 Å². The normalized spacial score (nSPS) is 27.2. The first-order chi connectivity index (χ1) is 9.08. The van der Waals surface area contributed by atoms with Gasteiger partial charge in [-0.3, -0.25) is 0 Å². The number of hydrogen-bond donors (Lipinski definition) is 2. The summed E-state index contributed by atoms with van der Waals surface area (Å²) in [4.78, 5) is 11.9. The van der Waals surface area contributed by atoms with E-state index < -0.39 is 22.7 Å². The molecule has 20 heavy (non-hydrogen) atoms. The number of anilines is 1. The average Bonchev–Trinajstić information content (AvgIpc) is 2.47. The molecule has 5 heteroatoms. The Bertz CT molecular complexity index is 524. The van der Waals surface area contributed by atoms with Gasteiger partial charge < -0.3 is 15.2 Å². The summed E-state index contributed by atoms with van der Waals surface area (Å²) in [5.41, 5.74) is -1.79. The first-order valence-electron chi connectivity index (χ1n) is 6.55. The summed E-state index contributed by atoms with van der Waals surface area (Å²) in [6.07, 6.45) is 0.380. The number of nitrogens with one attached hydrogen (secondary N) is 1. The maximum absolute atomic E-state index is 11.9. The van der Waals surface area contributed by atoms with Crippen LogP contribution in [0.15, 0.2) is 24.3 Å². The van der Waals surface area contributed by atoms with Gasteiger partial charge in [-0.05, 0) is 52.0 Å². The Kier molecular flexibility index (Phi) is 3.51. The molecule has 1 aliphatic rings. The van der Waals surface area contributed by atoms with Crippen molar-refractivity contribution in [1.29, 1.82) is 0 Å². The molecule has 0 saturated carbocycles. The number of benzene rings is 1. The molecule has 1 aromatic rings. The maximum atomic E-state index is 11.9. The van der Waals surface area contributed by atoms with Crippen molar-refractivity contribution in [3.05, 3.63) is 29.3 Å². The highest BCUT2D eigenvalue weighted by Gasteiger charge is 2.62. The fourth-order valence-corrected chi connectivity index (χ4v) is 3.15. The Morgan fingerprint density at radius 3 is 2.20 bits per heavy atom. The summed E-state index contributed by atoms with van der Waals surface area (Å²) in [5, 5.41) is 13.5. The predicted octanol–water partition coefficient (Wildman–Crippen LogP) is 3.55. The molecule has 0 aromatic heterocycles. The smallest absolute Gasteiger partial charge is 0.332 e. The number of ether oxygens (including phenoxy) is 1. The topological polar surface area (TPSA) is 58.6 Å². The second kappa shape index (κ2) is 4.64. The van der Waals surface area contributed by atoms with Gasteiger partial charge in [0, 0.05) is 17.1 Å². The van der Waals surface area contributed by atoms with Gasteiger partial charge in [0.25, 0.3) is 0 Å². The number of carboxylic acid groups (broad SMARTS) is 1. The van der Waals surface area contributed by atoms with E-state index >= 15 is 0 Å². The molecule has 1 fully saturated rings. The van der Waals surface area contributed by atoms with Crippen LogP contribution in [0, 0.1) is 0 Å². The van der Waals surface area contributed by atoms with Gasteiger partial charge in [0.15, 0.2) is 5.54 Å². The van der Waals surface area contributed by atoms with Crippen LogP contribution in [0.3, 0.4) is 0 Å². The molecular formula is C15H20ClNO3. The molecular weight excluding hydrogens is 278 g/mol. The number of carbonyl (C=O) groups is 1. The number of halogens is 1. The maximum Gasteiger partial charge on any atom is 0.332 e. The van der Waals surface area contributed by atoms with Crippen molar-refractivity contribution in [2.24, 2.45) is 0 Å². The molecule has 1 saturated heterocycles. The van der Waals surface area contributed by atoms with E-state index in [9.17, 15) is 9.90 Å². The van der Waals surface area contributed by atoms with E-state index in [1.165, 1.54) is 0 Å². The third kappa shape index (κ3) is 2.50. The van der Waals surface area contributed by atoms with E-state index in [0.717, 1.165) is 0 Å². The third-order valence-electron chi connectivity index (χ3n) is 3.82. The highest BCUT2D eigenvalue weighted by Crippen LogP contribution is 2.47. The van der Waals surface area contributed by atoms with Crippen LogP contribution in [0.1, 0.15) is 34.1 Å². The molecule has 1 atom stereocenters. The molecule has 0 radical (unpaired) electrons. The zero-order valence-electron chi connectivity index (χ0n) is 12.2. The Balaban J connectivity index is 2.41. The summed E-state index contributed by atoms with van der Waals surface area (Å²) in [5.74, 6) is -0.914. The standard InChI is InChI=1S/C15H20ClNO3/c1-13(2)9-15(12(18)19,14(3,4)20-13)17-11-7-5-10(16)6-8-11/h5-8,17H,9H2,1-4H3,(H,18,19). The largest absolute Gasteiger partial charge is 0.479 e. The van der Waals surface area contributed by atoms with Crippen LogP contribution < -0.4 is 5.32 Å². The monoisotopic (exact) mass is 297 g/mol. The Hall–Kier alpha value is -1.26. The van der Waals surface area contributed by atoms with Crippen LogP contribution in [0.5, 0.6) is 0 Å². The number of carboxylic acids is 1. The minimum atomic E-state index is -1.18. The Morgan fingerprint density at radius 1 is 1.25 bits per heavy atom. The zero-order chi connectivity index (χ0) is 15.2. The highest BCUT2D eigenvalue weighted by molar-refractivity contribution is 6.30. The van der Waals surface area contributed by atoms with Crippen molar-refractivity contribution in [2.75, 3.05) is 5.32 Å². The summed E-state index contributed by atoms with van der Waals surface area (Å²) in [6, 6.07) is 7.00. The molecule has 0 aliphatic carbocycles. The lowest BCUT2D eigenvalue weighted by molar-refractivity contribution is -0.149. The zero-order valence-corrected chi connectivity index (χ0v) is 12.9. The van der Waals surface area contributed by atoms with Crippen LogP contribution >= 0.6 is 11.6 Å². The van der Waals surface area contributed by atoms with Crippen LogP contribution in [0.2, 0.25) is 5.02 Å². The average molecular weight is 298 g/mol. The molecule has 1 heterocycles. The van der Waals surface area contributed by atoms with Gasteiger partial charge in [0.05, 0.1) is 11.2 Å². The second-order valence-corrected chi connectivity index (χ2v) is 6.83. The highest BCUT2D eigenvalue weighted by atomic mass is 35.5. The fourth-order valence-electron chi connectivity index (χ4n) is 3.03. The van der Waals surface area contributed by atoms with Gasteiger partial charge in [-0.1, -0.05) is 11.6 Å². The fraction of sp³-hybridized carbons (Fsp3) is 0.533. The van der Waals surface area contributed by atoms with Gasteiger partial charge >= 0.3 is 5.97 Å². The molecule has 2 N–H and O–H groups in total. The Morgan fingerprint density at radius 2 is 1.80 bits per heavy atom. The molecule has 4 nitrogen and oxygen atoms in total. The van der Waals surface area contributed by atoms with Crippen LogP contribution in [0.25, 0.3) is 0 Å². The van der Waals surface area contributed by atoms with E-state index in [0.29, 0.717) is 17.1 Å². The number of hydrogen-bond acceptors (Lipinski definition) is 3. The van der Waals surface area contributed by atoms with E-state index in [2.05, 4.69) is 5.32 Å². The molecule has 0 spiro atoms. The number of aliphatic carboxylic acids is 1. The minimum Gasteiger partial charge on any atom is -0.479 e. The van der Waals surface area contributed by atoms with Crippen LogP contribution in [-0.2, 0) is 9.53 Å². The SMILES string of the molecule is CC1(C)CC(Nc2ccc(Cl)cc2)(C(=O)O)C(C)(C)O1. The summed E-state index contributed by atoms with van der Waals surface area (Å²) >= 11 is 5.86. The van der Waals surface area contributed by atoms with E-state index in [-0.39, 0.29) is 0 Å². The lowest BCUT2D eigenvalue weighted by Gasteiger charge is -2.37. The van der Waals surface area contributed by atoms with Crippen molar-refractivity contribution in [1.82, 2.24) is 0 Å². The second-order valence-electron chi connectivity index (χ2n) is 6.39. The molecule has 0 bridgehead atoms. The van der Waals surface area contributed by atoms with Gasteiger partial charge in [-0.2, -0.15) is 0 Å². The minimum absolute atomic E-state index is 0.380. The van der Waals surface area contributed by atoms with Crippen molar-refractivity contribution < 1.29 is 14.6 Å². The van der Waals surface area contributed by atoms with E-state index in [1.54, 1.807) is 38.1 Å². The van der Waals surface area contributed by atoms with Gasteiger partial charge in [0.1, 0.15) is 0 Å². The van der Waals surface area contributed by atoms with Gasteiger partial charge in [-0.25, -0.2) is 4.79 Å². The molecule has 0 amide bonds.